The molecule has 140 valence electrons. The minimum absolute atomic E-state index is 0.131. The monoisotopic (exact) mass is 374 g/mol. The lowest BCUT2D eigenvalue weighted by Crippen LogP contribution is -2.15. The summed E-state index contributed by atoms with van der Waals surface area (Å²) in [7, 11) is 0. The Balaban J connectivity index is 1.51. The highest BCUT2D eigenvalue weighted by Crippen LogP contribution is 2.26. The fourth-order valence-electron chi connectivity index (χ4n) is 3.23. The number of aryl methyl sites for hydroxylation is 2. The van der Waals surface area contributed by atoms with E-state index in [1.165, 1.54) is 12.1 Å². The Morgan fingerprint density at radius 2 is 1.96 bits per heavy atom. The number of imidazole rings is 1. The quantitative estimate of drug-likeness (QED) is 0.556. The number of nitrogens with zero attached hydrogens (tertiary/aromatic N) is 3. The largest absolute Gasteiger partial charge is 0.330 e. The van der Waals surface area contributed by atoms with E-state index in [0.717, 1.165) is 22.3 Å². The normalized spacial score (nSPS) is 10.9. The molecule has 0 unspecified atom stereocenters. The van der Waals surface area contributed by atoms with Gasteiger partial charge in [0.05, 0.1) is 5.52 Å². The number of hydrogen-bond acceptors (Lipinski definition) is 3. The summed E-state index contributed by atoms with van der Waals surface area (Å²) in [5.41, 5.74) is 3.20. The fraction of sp³-hybridized carbons (Fsp3) is 0.136. The molecule has 0 radical (unpaired) electrons. The van der Waals surface area contributed by atoms with Crippen molar-refractivity contribution in [1.82, 2.24) is 14.5 Å². The second-order valence-corrected chi connectivity index (χ2v) is 6.58. The van der Waals surface area contributed by atoms with Gasteiger partial charge in [0.15, 0.2) is 0 Å². The number of aromatic nitrogens is 3. The molecular formula is C22H19FN4O. The van der Waals surface area contributed by atoms with Crippen molar-refractivity contribution in [2.75, 3.05) is 5.32 Å². The minimum atomic E-state index is -0.317. The summed E-state index contributed by atoms with van der Waals surface area (Å²) in [6.45, 7) is 2.25. The van der Waals surface area contributed by atoms with E-state index in [0.29, 0.717) is 17.8 Å². The molecule has 4 aromatic rings. The number of pyridine rings is 1. The molecule has 0 fully saturated rings. The van der Waals surface area contributed by atoms with Crippen molar-refractivity contribution in [2.45, 2.75) is 19.9 Å². The van der Waals surface area contributed by atoms with Gasteiger partial charge in [-0.3, -0.25) is 9.78 Å². The van der Waals surface area contributed by atoms with Crippen LogP contribution in [-0.2, 0) is 11.3 Å². The standard InChI is InChI=1S/C22H19FN4O/c1-15-14-16(23)6-7-19(15)26-21(28)9-12-27-13-11-25-22(27)18-8-10-24-20-5-3-2-4-17(18)20/h2-8,10-11,13-14H,9,12H2,1H3,(H,26,28). The van der Waals surface area contributed by atoms with Crippen molar-refractivity contribution in [2.24, 2.45) is 0 Å². The minimum Gasteiger partial charge on any atom is -0.330 e. The van der Waals surface area contributed by atoms with Gasteiger partial charge in [-0.05, 0) is 42.8 Å². The molecule has 5 nitrogen and oxygen atoms in total. The summed E-state index contributed by atoms with van der Waals surface area (Å²) in [4.78, 5) is 21.2. The smallest absolute Gasteiger partial charge is 0.226 e. The Labute approximate surface area is 161 Å². The number of amides is 1. The van der Waals surface area contributed by atoms with Crippen molar-refractivity contribution in [3.8, 4) is 11.4 Å². The van der Waals surface area contributed by atoms with Gasteiger partial charge in [0.2, 0.25) is 5.91 Å². The van der Waals surface area contributed by atoms with Crippen LogP contribution in [0.5, 0.6) is 0 Å². The van der Waals surface area contributed by atoms with E-state index in [1.54, 1.807) is 25.4 Å². The first-order valence-electron chi connectivity index (χ1n) is 9.03. The second kappa shape index (κ2) is 7.60. The van der Waals surface area contributed by atoms with Crippen molar-refractivity contribution in [3.05, 3.63) is 78.5 Å². The number of rotatable bonds is 5. The number of hydrogen-bond donors (Lipinski definition) is 1. The van der Waals surface area contributed by atoms with Crippen molar-refractivity contribution in [1.29, 1.82) is 0 Å². The van der Waals surface area contributed by atoms with Crippen LogP contribution in [0.25, 0.3) is 22.3 Å². The summed E-state index contributed by atoms with van der Waals surface area (Å²) < 4.78 is 15.2. The molecule has 0 aliphatic heterocycles. The molecule has 2 heterocycles. The highest BCUT2D eigenvalue weighted by Gasteiger charge is 2.12. The number of carbonyl (C=O) groups is 1. The summed E-state index contributed by atoms with van der Waals surface area (Å²) in [5.74, 6) is 0.349. The van der Waals surface area contributed by atoms with E-state index in [4.69, 9.17) is 0 Å². The molecule has 0 aliphatic carbocycles. The van der Waals surface area contributed by atoms with Gasteiger partial charge in [-0.25, -0.2) is 9.37 Å². The molecule has 2 aromatic carbocycles. The Morgan fingerprint density at radius 3 is 2.82 bits per heavy atom. The lowest BCUT2D eigenvalue weighted by Gasteiger charge is -2.11. The molecule has 6 heteroatoms. The van der Waals surface area contributed by atoms with E-state index in [-0.39, 0.29) is 18.1 Å². The predicted molar refractivity (Wildman–Crippen MR) is 107 cm³/mol. The van der Waals surface area contributed by atoms with E-state index in [2.05, 4.69) is 15.3 Å². The van der Waals surface area contributed by atoms with Gasteiger partial charge < -0.3 is 9.88 Å². The van der Waals surface area contributed by atoms with Crippen LogP contribution in [0.1, 0.15) is 12.0 Å². The number of para-hydroxylation sites is 1. The van der Waals surface area contributed by atoms with Gasteiger partial charge in [-0.1, -0.05) is 18.2 Å². The number of fused-ring (bicyclic) bond motifs is 1. The first kappa shape index (κ1) is 17.9. The van der Waals surface area contributed by atoms with Crippen LogP contribution < -0.4 is 5.32 Å². The zero-order valence-electron chi connectivity index (χ0n) is 15.4. The molecule has 2 aromatic heterocycles. The van der Waals surface area contributed by atoms with Gasteiger partial charge in [0.1, 0.15) is 11.6 Å². The van der Waals surface area contributed by atoms with Crippen LogP contribution in [-0.4, -0.2) is 20.4 Å². The van der Waals surface area contributed by atoms with Gasteiger partial charge in [0, 0.05) is 48.2 Å². The average Bonchev–Trinajstić information content (AvgIpc) is 3.16. The molecule has 0 spiro atoms. The van der Waals surface area contributed by atoms with Crippen molar-refractivity contribution < 1.29 is 9.18 Å². The molecule has 28 heavy (non-hydrogen) atoms. The van der Waals surface area contributed by atoms with Crippen LogP contribution in [0.4, 0.5) is 10.1 Å². The average molecular weight is 374 g/mol. The fourth-order valence-corrected chi connectivity index (χ4v) is 3.23. The third-order valence-electron chi connectivity index (χ3n) is 4.65. The van der Waals surface area contributed by atoms with Crippen LogP contribution in [0.3, 0.4) is 0 Å². The van der Waals surface area contributed by atoms with Crippen LogP contribution in [0.2, 0.25) is 0 Å². The molecule has 0 saturated heterocycles. The van der Waals surface area contributed by atoms with Gasteiger partial charge >= 0.3 is 0 Å². The predicted octanol–water partition coefficient (Wildman–Crippen LogP) is 4.57. The van der Waals surface area contributed by atoms with Gasteiger partial charge in [-0.2, -0.15) is 0 Å². The Morgan fingerprint density at radius 1 is 1.11 bits per heavy atom. The number of halogens is 1. The molecule has 1 amide bonds. The number of carbonyl (C=O) groups excluding carboxylic acids is 1. The molecule has 0 atom stereocenters. The Hall–Kier alpha value is -3.54. The summed E-state index contributed by atoms with van der Waals surface area (Å²) in [6, 6.07) is 14.2. The summed E-state index contributed by atoms with van der Waals surface area (Å²) in [5, 5.41) is 3.86. The molecule has 0 bridgehead atoms. The lowest BCUT2D eigenvalue weighted by molar-refractivity contribution is -0.116. The Bertz CT molecular complexity index is 1150. The SMILES string of the molecule is Cc1cc(F)ccc1NC(=O)CCn1ccnc1-c1ccnc2ccccc12. The van der Waals surface area contributed by atoms with Gasteiger partial charge in [-0.15, -0.1) is 0 Å². The van der Waals surface area contributed by atoms with E-state index in [9.17, 15) is 9.18 Å². The number of nitrogens with one attached hydrogen (secondary N) is 1. The van der Waals surface area contributed by atoms with Crippen LogP contribution >= 0.6 is 0 Å². The van der Waals surface area contributed by atoms with Crippen LogP contribution in [0.15, 0.2) is 67.1 Å². The lowest BCUT2D eigenvalue weighted by atomic mass is 10.1. The van der Waals surface area contributed by atoms with E-state index in [1.807, 2.05) is 41.1 Å². The summed E-state index contributed by atoms with van der Waals surface area (Å²) >= 11 is 0. The Kier molecular flexibility index (Phi) is 4.85. The second-order valence-electron chi connectivity index (χ2n) is 6.58. The van der Waals surface area contributed by atoms with Crippen LogP contribution in [0, 0.1) is 12.7 Å². The molecule has 0 aliphatic rings. The number of anilines is 1. The first-order chi connectivity index (χ1) is 13.6. The molecule has 0 saturated carbocycles. The molecule has 4 rings (SSSR count). The van der Waals surface area contributed by atoms with Crippen molar-refractivity contribution >= 4 is 22.5 Å². The first-order valence-corrected chi connectivity index (χ1v) is 9.03. The zero-order valence-corrected chi connectivity index (χ0v) is 15.4. The topological polar surface area (TPSA) is 59.8 Å². The maximum absolute atomic E-state index is 13.2. The maximum atomic E-state index is 13.2. The van der Waals surface area contributed by atoms with E-state index >= 15 is 0 Å². The van der Waals surface area contributed by atoms with Crippen molar-refractivity contribution in [3.63, 3.8) is 0 Å². The zero-order chi connectivity index (χ0) is 19.5. The third-order valence-corrected chi connectivity index (χ3v) is 4.65. The maximum Gasteiger partial charge on any atom is 0.226 e. The molecular weight excluding hydrogens is 355 g/mol. The summed E-state index contributed by atoms with van der Waals surface area (Å²) in [6.07, 6.45) is 5.64. The van der Waals surface area contributed by atoms with Gasteiger partial charge in [0.25, 0.3) is 0 Å². The highest BCUT2D eigenvalue weighted by molar-refractivity contribution is 5.93. The number of benzene rings is 2. The third kappa shape index (κ3) is 3.62. The highest BCUT2D eigenvalue weighted by atomic mass is 19.1. The molecule has 1 N–H and O–H groups in total. The van der Waals surface area contributed by atoms with E-state index < -0.39 is 0 Å².